The summed E-state index contributed by atoms with van der Waals surface area (Å²) in [7, 11) is 0. The van der Waals surface area contributed by atoms with Crippen molar-refractivity contribution in [1.29, 1.82) is 0 Å². The Kier molecular flexibility index (Phi) is 5.11. The van der Waals surface area contributed by atoms with E-state index in [-0.39, 0.29) is 24.4 Å². The highest BCUT2D eigenvalue weighted by Crippen LogP contribution is 2.34. The van der Waals surface area contributed by atoms with Gasteiger partial charge in [-0.25, -0.2) is 0 Å². The van der Waals surface area contributed by atoms with Crippen molar-refractivity contribution in [2.75, 3.05) is 17.2 Å². The summed E-state index contributed by atoms with van der Waals surface area (Å²) < 4.78 is 0. The Morgan fingerprint density at radius 3 is 2.88 bits per heavy atom. The van der Waals surface area contributed by atoms with Gasteiger partial charge in [-0.05, 0) is 36.8 Å². The van der Waals surface area contributed by atoms with E-state index in [4.69, 9.17) is 11.6 Å². The first-order chi connectivity index (χ1) is 11.5. The third-order valence-electron chi connectivity index (χ3n) is 3.84. The summed E-state index contributed by atoms with van der Waals surface area (Å²) >= 11 is 7.49. The number of carbonyl (C=O) groups excluding carboxylic acids is 2. The van der Waals surface area contributed by atoms with E-state index >= 15 is 0 Å². The van der Waals surface area contributed by atoms with Crippen LogP contribution in [0.3, 0.4) is 0 Å². The number of benzene rings is 2. The molecule has 0 fully saturated rings. The standard InChI is InChI=1S/C18H17ClN2O2S/c1-12(13-5-4-6-14(19)9-13)20-17(22)10-21-15-7-2-3-8-16(15)24-11-18(21)23/h2-9,12H,10-11H2,1H3,(H,20,22)/t12-/m0/s1. The lowest BCUT2D eigenvalue weighted by atomic mass is 10.1. The second-order valence-electron chi connectivity index (χ2n) is 5.58. The molecule has 1 aliphatic rings. The third-order valence-corrected chi connectivity index (χ3v) is 5.12. The third kappa shape index (κ3) is 3.74. The molecule has 1 aliphatic heterocycles. The molecule has 24 heavy (non-hydrogen) atoms. The Labute approximate surface area is 150 Å². The van der Waals surface area contributed by atoms with Crippen LogP contribution in [-0.2, 0) is 9.59 Å². The highest BCUT2D eigenvalue weighted by atomic mass is 35.5. The minimum atomic E-state index is -0.197. The number of halogens is 1. The number of amides is 2. The number of rotatable bonds is 4. The van der Waals surface area contributed by atoms with Crippen LogP contribution in [0.1, 0.15) is 18.5 Å². The number of fused-ring (bicyclic) bond motifs is 1. The maximum absolute atomic E-state index is 12.4. The van der Waals surface area contributed by atoms with Crippen LogP contribution in [0.2, 0.25) is 5.02 Å². The quantitative estimate of drug-likeness (QED) is 0.905. The maximum atomic E-state index is 12.4. The first kappa shape index (κ1) is 16.9. The lowest BCUT2D eigenvalue weighted by molar-refractivity contribution is -0.123. The Bertz CT molecular complexity index is 781. The van der Waals surface area contributed by atoms with E-state index in [1.165, 1.54) is 11.8 Å². The van der Waals surface area contributed by atoms with Crippen LogP contribution in [0.25, 0.3) is 0 Å². The number of anilines is 1. The molecule has 0 spiro atoms. The Morgan fingerprint density at radius 1 is 1.29 bits per heavy atom. The van der Waals surface area contributed by atoms with Gasteiger partial charge in [0.05, 0.1) is 17.5 Å². The van der Waals surface area contributed by atoms with Crippen molar-refractivity contribution in [3.05, 3.63) is 59.1 Å². The summed E-state index contributed by atoms with van der Waals surface area (Å²) in [6.07, 6.45) is 0. The maximum Gasteiger partial charge on any atom is 0.240 e. The summed E-state index contributed by atoms with van der Waals surface area (Å²) in [4.78, 5) is 27.2. The predicted octanol–water partition coefficient (Wildman–Crippen LogP) is 3.66. The fourth-order valence-electron chi connectivity index (χ4n) is 2.62. The number of hydrogen-bond acceptors (Lipinski definition) is 3. The van der Waals surface area contributed by atoms with E-state index in [0.717, 1.165) is 16.1 Å². The van der Waals surface area contributed by atoms with Gasteiger partial charge in [0.1, 0.15) is 6.54 Å². The van der Waals surface area contributed by atoms with Crippen LogP contribution in [-0.4, -0.2) is 24.1 Å². The largest absolute Gasteiger partial charge is 0.348 e. The molecular formula is C18H17ClN2O2S. The van der Waals surface area contributed by atoms with Crippen LogP contribution in [0.5, 0.6) is 0 Å². The van der Waals surface area contributed by atoms with Crippen molar-refractivity contribution in [3.63, 3.8) is 0 Å². The number of hydrogen-bond donors (Lipinski definition) is 1. The summed E-state index contributed by atoms with van der Waals surface area (Å²) in [6.45, 7) is 1.91. The second-order valence-corrected chi connectivity index (χ2v) is 7.03. The molecule has 0 saturated carbocycles. The topological polar surface area (TPSA) is 49.4 Å². The predicted molar refractivity (Wildman–Crippen MR) is 97.5 cm³/mol. The first-order valence-electron chi connectivity index (χ1n) is 7.61. The van der Waals surface area contributed by atoms with Gasteiger partial charge in [-0.15, -0.1) is 11.8 Å². The zero-order chi connectivity index (χ0) is 17.1. The summed E-state index contributed by atoms with van der Waals surface area (Å²) in [6, 6.07) is 14.8. The van der Waals surface area contributed by atoms with Crippen LogP contribution in [0.15, 0.2) is 53.4 Å². The van der Waals surface area contributed by atoms with Crippen molar-refractivity contribution in [3.8, 4) is 0 Å². The minimum Gasteiger partial charge on any atom is -0.348 e. The zero-order valence-corrected chi connectivity index (χ0v) is 14.7. The first-order valence-corrected chi connectivity index (χ1v) is 8.98. The molecule has 124 valence electrons. The zero-order valence-electron chi connectivity index (χ0n) is 13.2. The van der Waals surface area contributed by atoms with E-state index in [2.05, 4.69) is 5.32 Å². The Hall–Kier alpha value is -1.98. The number of nitrogens with one attached hydrogen (secondary N) is 1. The molecule has 0 bridgehead atoms. The summed E-state index contributed by atoms with van der Waals surface area (Å²) in [5.41, 5.74) is 1.72. The van der Waals surface area contributed by atoms with Crippen molar-refractivity contribution >= 4 is 40.9 Å². The molecule has 1 heterocycles. The fraction of sp³-hybridized carbons (Fsp3) is 0.222. The molecular weight excluding hydrogens is 344 g/mol. The van der Waals surface area contributed by atoms with Crippen molar-refractivity contribution in [2.24, 2.45) is 0 Å². The molecule has 1 atom stereocenters. The van der Waals surface area contributed by atoms with Gasteiger partial charge in [-0.2, -0.15) is 0 Å². The van der Waals surface area contributed by atoms with E-state index in [0.29, 0.717) is 10.8 Å². The van der Waals surface area contributed by atoms with Gasteiger partial charge >= 0.3 is 0 Å². The number of nitrogens with zero attached hydrogens (tertiary/aromatic N) is 1. The smallest absolute Gasteiger partial charge is 0.240 e. The van der Waals surface area contributed by atoms with Gasteiger partial charge in [0, 0.05) is 9.92 Å². The molecule has 0 aromatic heterocycles. The van der Waals surface area contributed by atoms with E-state index in [1.807, 2.05) is 49.4 Å². The van der Waals surface area contributed by atoms with Crippen LogP contribution >= 0.6 is 23.4 Å². The summed E-state index contributed by atoms with van der Waals surface area (Å²) in [5, 5.41) is 3.55. The number of thioether (sulfide) groups is 1. The highest BCUT2D eigenvalue weighted by Gasteiger charge is 2.26. The second kappa shape index (κ2) is 7.28. The van der Waals surface area contributed by atoms with Crippen molar-refractivity contribution in [2.45, 2.75) is 17.9 Å². The van der Waals surface area contributed by atoms with Gasteiger partial charge in [-0.1, -0.05) is 35.9 Å². The van der Waals surface area contributed by atoms with Crippen LogP contribution < -0.4 is 10.2 Å². The van der Waals surface area contributed by atoms with E-state index < -0.39 is 0 Å². The average molecular weight is 361 g/mol. The molecule has 0 radical (unpaired) electrons. The summed E-state index contributed by atoms with van der Waals surface area (Å²) in [5.74, 6) is 0.107. The normalized spacial score (nSPS) is 14.9. The average Bonchev–Trinajstić information content (AvgIpc) is 2.57. The van der Waals surface area contributed by atoms with Crippen molar-refractivity contribution in [1.82, 2.24) is 5.32 Å². The van der Waals surface area contributed by atoms with E-state index in [1.54, 1.807) is 11.0 Å². The lowest BCUT2D eigenvalue weighted by Crippen LogP contribution is -2.43. The molecule has 2 aromatic carbocycles. The molecule has 0 aliphatic carbocycles. The molecule has 6 heteroatoms. The minimum absolute atomic E-state index is 0.0152. The SMILES string of the molecule is C[C@H](NC(=O)CN1C(=O)CSc2ccccc21)c1cccc(Cl)c1. The van der Waals surface area contributed by atoms with Crippen LogP contribution in [0, 0.1) is 0 Å². The lowest BCUT2D eigenvalue weighted by Gasteiger charge is -2.28. The molecule has 3 rings (SSSR count). The van der Waals surface area contributed by atoms with E-state index in [9.17, 15) is 9.59 Å². The van der Waals surface area contributed by atoms with Gasteiger partial charge in [-0.3, -0.25) is 9.59 Å². The molecule has 0 unspecified atom stereocenters. The number of para-hydroxylation sites is 1. The van der Waals surface area contributed by atoms with Crippen molar-refractivity contribution < 1.29 is 9.59 Å². The highest BCUT2D eigenvalue weighted by molar-refractivity contribution is 8.00. The van der Waals surface area contributed by atoms with Gasteiger partial charge in [0.25, 0.3) is 0 Å². The molecule has 0 saturated heterocycles. The van der Waals surface area contributed by atoms with Gasteiger partial charge in [0.2, 0.25) is 11.8 Å². The fourth-order valence-corrected chi connectivity index (χ4v) is 3.75. The Morgan fingerprint density at radius 2 is 2.08 bits per heavy atom. The van der Waals surface area contributed by atoms with Gasteiger partial charge in [0.15, 0.2) is 0 Å². The number of carbonyl (C=O) groups is 2. The van der Waals surface area contributed by atoms with Gasteiger partial charge < -0.3 is 10.2 Å². The molecule has 2 amide bonds. The molecule has 2 aromatic rings. The molecule has 1 N–H and O–H groups in total. The Balaban J connectivity index is 1.70. The molecule has 4 nitrogen and oxygen atoms in total. The monoisotopic (exact) mass is 360 g/mol. The van der Waals surface area contributed by atoms with Crippen LogP contribution in [0.4, 0.5) is 5.69 Å².